The van der Waals surface area contributed by atoms with Crippen molar-refractivity contribution >= 4 is 15.9 Å². The highest BCUT2D eigenvalue weighted by Crippen LogP contribution is 2.15. The van der Waals surface area contributed by atoms with E-state index in [1.54, 1.807) is 0 Å². The third kappa shape index (κ3) is 4.83. The van der Waals surface area contributed by atoms with Crippen LogP contribution in [0.25, 0.3) is 0 Å². The van der Waals surface area contributed by atoms with E-state index in [-0.39, 0.29) is 0 Å². The summed E-state index contributed by atoms with van der Waals surface area (Å²) in [4.78, 5) is 10.6. The molecule has 0 fully saturated rings. The lowest BCUT2D eigenvalue weighted by molar-refractivity contribution is -0.123. The van der Waals surface area contributed by atoms with Gasteiger partial charge in [-0.1, -0.05) is 0 Å². The maximum atomic E-state index is 13.1. The second-order valence-corrected chi connectivity index (χ2v) is 5.08. The predicted octanol–water partition coefficient (Wildman–Crippen LogP) is 0.765. The maximum absolute atomic E-state index is 13.1. The van der Waals surface area contributed by atoms with Crippen LogP contribution in [0.5, 0.6) is 0 Å². The Kier molecular flexibility index (Phi) is 4.15. The van der Waals surface area contributed by atoms with Gasteiger partial charge in [0.05, 0.1) is 4.90 Å². The topological polar surface area (TPSA) is 89.3 Å². The van der Waals surface area contributed by atoms with Crippen LogP contribution in [-0.2, 0) is 10.0 Å². The first kappa shape index (κ1) is 15.4. The number of amides is 1. The molecule has 1 rings (SSSR count). The standard InChI is InChI=1S/C9H8F4N2O3S/c10-6-1-5(2-7(3-6)19(14,17)18)8(16)15-4-9(11,12)13/h1-3H,4H2,(H,15,16)(H2,14,17,18). The van der Waals surface area contributed by atoms with Crippen LogP contribution in [0, 0.1) is 5.82 Å². The highest BCUT2D eigenvalue weighted by molar-refractivity contribution is 7.89. The van der Waals surface area contributed by atoms with Gasteiger partial charge in [-0.2, -0.15) is 13.2 Å². The Morgan fingerprint density at radius 3 is 2.32 bits per heavy atom. The lowest BCUT2D eigenvalue weighted by Crippen LogP contribution is -2.33. The molecule has 0 bridgehead atoms. The smallest absolute Gasteiger partial charge is 0.343 e. The second-order valence-electron chi connectivity index (χ2n) is 3.52. The molecule has 0 spiro atoms. The van der Waals surface area contributed by atoms with E-state index in [0.29, 0.717) is 18.2 Å². The van der Waals surface area contributed by atoms with Crippen molar-refractivity contribution in [3.05, 3.63) is 29.6 Å². The lowest BCUT2D eigenvalue weighted by atomic mass is 10.2. The van der Waals surface area contributed by atoms with E-state index in [0.717, 1.165) is 0 Å². The Labute approximate surface area is 105 Å². The molecule has 0 heterocycles. The summed E-state index contributed by atoms with van der Waals surface area (Å²) in [7, 11) is -4.27. The van der Waals surface area contributed by atoms with Crippen molar-refractivity contribution in [3.63, 3.8) is 0 Å². The van der Waals surface area contributed by atoms with Crippen molar-refractivity contribution in [3.8, 4) is 0 Å². The zero-order chi connectivity index (χ0) is 14.8. The number of halogens is 4. The fourth-order valence-corrected chi connectivity index (χ4v) is 1.71. The predicted molar refractivity (Wildman–Crippen MR) is 56.2 cm³/mol. The number of primary sulfonamides is 1. The van der Waals surface area contributed by atoms with Gasteiger partial charge in [-0.05, 0) is 18.2 Å². The van der Waals surface area contributed by atoms with Gasteiger partial charge in [0.15, 0.2) is 0 Å². The van der Waals surface area contributed by atoms with E-state index in [2.05, 4.69) is 0 Å². The minimum atomic E-state index is -4.63. The van der Waals surface area contributed by atoms with Gasteiger partial charge in [-0.3, -0.25) is 4.79 Å². The molecule has 0 saturated carbocycles. The molecule has 5 nitrogen and oxygen atoms in total. The highest BCUT2D eigenvalue weighted by Gasteiger charge is 2.28. The SMILES string of the molecule is NS(=O)(=O)c1cc(F)cc(C(=O)NCC(F)(F)F)c1. The van der Waals surface area contributed by atoms with Gasteiger partial charge in [0.25, 0.3) is 5.91 Å². The minimum absolute atomic E-state index is 0.551. The molecule has 0 aliphatic heterocycles. The van der Waals surface area contributed by atoms with Crippen molar-refractivity contribution in [2.45, 2.75) is 11.1 Å². The Balaban J connectivity index is 3.02. The molecule has 106 valence electrons. The van der Waals surface area contributed by atoms with Crippen molar-refractivity contribution in [2.75, 3.05) is 6.54 Å². The van der Waals surface area contributed by atoms with Crippen LogP contribution in [0.15, 0.2) is 23.1 Å². The van der Waals surface area contributed by atoms with Gasteiger partial charge in [0.1, 0.15) is 12.4 Å². The second kappa shape index (κ2) is 5.13. The van der Waals surface area contributed by atoms with Crippen molar-refractivity contribution in [1.82, 2.24) is 5.32 Å². The van der Waals surface area contributed by atoms with Gasteiger partial charge < -0.3 is 5.32 Å². The van der Waals surface area contributed by atoms with Crippen LogP contribution in [-0.4, -0.2) is 27.0 Å². The molecular weight excluding hydrogens is 292 g/mol. The number of nitrogens with one attached hydrogen (secondary N) is 1. The summed E-state index contributed by atoms with van der Waals surface area (Å²) in [5.41, 5.74) is -0.576. The third-order valence-corrected chi connectivity index (χ3v) is 2.80. The average Bonchev–Trinajstić information content (AvgIpc) is 2.22. The molecule has 10 heteroatoms. The average molecular weight is 300 g/mol. The number of rotatable bonds is 3. The first-order valence-corrected chi connectivity index (χ1v) is 6.22. The molecule has 1 aromatic rings. The Bertz CT molecular complexity index is 598. The number of alkyl halides is 3. The summed E-state index contributed by atoms with van der Waals surface area (Å²) in [5, 5.41) is 6.21. The normalized spacial score (nSPS) is 12.3. The Morgan fingerprint density at radius 1 is 1.26 bits per heavy atom. The fourth-order valence-electron chi connectivity index (χ4n) is 1.14. The molecule has 0 radical (unpaired) electrons. The van der Waals surface area contributed by atoms with Crippen LogP contribution in [0.4, 0.5) is 17.6 Å². The molecule has 0 aliphatic rings. The van der Waals surface area contributed by atoms with Gasteiger partial charge >= 0.3 is 6.18 Å². The summed E-state index contributed by atoms with van der Waals surface area (Å²) in [6, 6.07) is 1.83. The van der Waals surface area contributed by atoms with Crippen LogP contribution in [0.2, 0.25) is 0 Å². The Morgan fingerprint density at radius 2 is 1.84 bits per heavy atom. The van der Waals surface area contributed by atoms with Crippen molar-refractivity contribution < 1.29 is 30.8 Å². The maximum Gasteiger partial charge on any atom is 0.405 e. The van der Waals surface area contributed by atoms with Gasteiger partial charge in [-0.25, -0.2) is 17.9 Å². The quantitative estimate of drug-likeness (QED) is 0.808. The number of hydrogen-bond acceptors (Lipinski definition) is 3. The fraction of sp³-hybridized carbons (Fsp3) is 0.222. The summed E-state index contributed by atoms with van der Waals surface area (Å²) in [6.07, 6.45) is -4.63. The lowest BCUT2D eigenvalue weighted by Gasteiger charge is -2.09. The molecule has 1 amide bonds. The molecule has 0 atom stereocenters. The zero-order valence-corrected chi connectivity index (χ0v) is 9.98. The molecule has 0 aromatic heterocycles. The van der Waals surface area contributed by atoms with E-state index >= 15 is 0 Å². The Hall–Kier alpha value is -1.68. The van der Waals surface area contributed by atoms with E-state index in [1.807, 2.05) is 0 Å². The van der Waals surface area contributed by atoms with E-state index in [1.165, 1.54) is 5.32 Å². The molecule has 1 aromatic carbocycles. The molecule has 19 heavy (non-hydrogen) atoms. The largest absolute Gasteiger partial charge is 0.405 e. The number of nitrogens with two attached hydrogens (primary N) is 1. The minimum Gasteiger partial charge on any atom is -0.343 e. The summed E-state index contributed by atoms with van der Waals surface area (Å²) >= 11 is 0. The first-order valence-electron chi connectivity index (χ1n) is 4.67. The molecule has 3 N–H and O–H groups in total. The van der Waals surface area contributed by atoms with Crippen LogP contribution >= 0.6 is 0 Å². The number of hydrogen-bond donors (Lipinski definition) is 2. The zero-order valence-electron chi connectivity index (χ0n) is 9.16. The summed E-state index contributed by atoms with van der Waals surface area (Å²) in [5.74, 6) is -2.37. The van der Waals surface area contributed by atoms with Crippen LogP contribution in [0.3, 0.4) is 0 Å². The molecule has 0 saturated heterocycles. The van der Waals surface area contributed by atoms with E-state index in [4.69, 9.17) is 5.14 Å². The van der Waals surface area contributed by atoms with E-state index < -0.39 is 44.9 Å². The molecule has 0 unspecified atom stereocenters. The highest BCUT2D eigenvalue weighted by atomic mass is 32.2. The van der Waals surface area contributed by atoms with Gasteiger partial charge in [0.2, 0.25) is 10.0 Å². The van der Waals surface area contributed by atoms with Gasteiger partial charge in [-0.15, -0.1) is 0 Å². The van der Waals surface area contributed by atoms with E-state index in [9.17, 15) is 30.8 Å². The molecular formula is C9H8F4N2O3S. The van der Waals surface area contributed by atoms with Crippen LogP contribution < -0.4 is 10.5 Å². The van der Waals surface area contributed by atoms with Crippen molar-refractivity contribution in [1.29, 1.82) is 0 Å². The third-order valence-electron chi connectivity index (χ3n) is 1.91. The first-order chi connectivity index (χ1) is 8.49. The number of sulfonamides is 1. The monoisotopic (exact) mass is 300 g/mol. The molecule has 0 aliphatic carbocycles. The number of benzene rings is 1. The van der Waals surface area contributed by atoms with Crippen LogP contribution in [0.1, 0.15) is 10.4 Å². The summed E-state index contributed by atoms with van der Waals surface area (Å²) < 4.78 is 70.6. The number of carbonyl (C=O) groups excluding carboxylic acids is 1. The number of carbonyl (C=O) groups is 1. The summed E-state index contributed by atoms with van der Waals surface area (Å²) in [6.45, 7) is -1.62. The van der Waals surface area contributed by atoms with Crippen molar-refractivity contribution in [2.24, 2.45) is 5.14 Å². The van der Waals surface area contributed by atoms with Gasteiger partial charge in [0, 0.05) is 5.56 Å².